The van der Waals surface area contributed by atoms with Crippen LogP contribution in [-0.2, 0) is 24.3 Å². The van der Waals surface area contributed by atoms with Gasteiger partial charge < -0.3 is 9.47 Å². The molecule has 0 N–H and O–H groups in total. The molecule has 0 aliphatic carbocycles. The van der Waals surface area contributed by atoms with Gasteiger partial charge in [0.1, 0.15) is 11.6 Å². The summed E-state index contributed by atoms with van der Waals surface area (Å²) in [6.45, 7) is 7.21. The van der Waals surface area contributed by atoms with Gasteiger partial charge >= 0.3 is 0 Å². The quantitative estimate of drug-likeness (QED) is 0.844. The molecular weight excluding hydrogens is 326 g/mol. The lowest BCUT2D eigenvalue weighted by molar-refractivity contribution is -0.130. The van der Waals surface area contributed by atoms with Crippen molar-refractivity contribution in [3.05, 3.63) is 47.5 Å². The van der Waals surface area contributed by atoms with Crippen LogP contribution in [0, 0.1) is 0 Å². The molecule has 0 spiro atoms. The van der Waals surface area contributed by atoms with Crippen LogP contribution in [-0.4, -0.2) is 56.7 Å². The Hall–Kier alpha value is -2.21. The van der Waals surface area contributed by atoms with Gasteiger partial charge in [0.15, 0.2) is 0 Å². The Bertz CT molecular complexity index is 757. The van der Waals surface area contributed by atoms with E-state index in [1.165, 1.54) is 5.56 Å². The van der Waals surface area contributed by atoms with Crippen molar-refractivity contribution in [2.24, 2.45) is 0 Å². The van der Waals surface area contributed by atoms with Crippen molar-refractivity contribution >= 4 is 5.91 Å². The van der Waals surface area contributed by atoms with Gasteiger partial charge in [0.25, 0.3) is 0 Å². The number of hydrogen-bond acceptors (Lipinski definition) is 4. The number of rotatable bonds is 4. The van der Waals surface area contributed by atoms with Crippen molar-refractivity contribution in [1.29, 1.82) is 0 Å². The largest absolute Gasteiger partial charge is 0.342 e. The molecule has 1 saturated heterocycles. The average Bonchev–Trinajstić information content (AvgIpc) is 3.10. The highest BCUT2D eigenvalue weighted by Crippen LogP contribution is 2.27. The lowest BCUT2D eigenvalue weighted by Gasteiger charge is -2.33. The van der Waals surface area contributed by atoms with Gasteiger partial charge in [0.2, 0.25) is 5.91 Å². The normalized spacial score (nSPS) is 20.8. The van der Waals surface area contributed by atoms with E-state index in [2.05, 4.69) is 50.0 Å². The molecule has 2 aliphatic heterocycles. The first-order valence-electron chi connectivity index (χ1n) is 9.64. The van der Waals surface area contributed by atoms with E-state index in [4.69, 9.17) is 0 Å². The van der Waals surface area contributed by atoms with Gasteiger partial charge in [-0.2, -0.15) is 0 Å². The molecule has 6 heteroatoms. The van der Waals surface area contributed by atoms with Crippen molar-refractivity contribution < 1.29 is 4.79 Å². The fraction of sp³-hybridized carbons (Fsp3) is 0.550. The zero-order chi connectivity index (χ0) is 17.9. The fourth-order valence-corrected chi connectivity index (χ4v) is 4.13. The SMILES string of the molecule is CC(=O)N1CCCC(c2nnc3n2CCN(CCc2ccccc2)C3)C1. The summed E-state index contributed by atoms with van der Waals surface area (Å²) < 4.78 is 2.30. The second kappa shape index (κ2) is 7.58. The molecule has 1 unspecified atom stereocenters. The first kappa shape index (κ1) is 17.2. The lowest BCUT2D eigenvalue weighted by Crippen LogP contribution is -2.40. The molecule has 1 atom stereocenters. The van der Waals surface area contributed by atoms with Crippen LogP contribution in [0.4, 0.5) is 0 Å². The Labute approximate surface area is 154 Å². The number of nitrogens with zero attached hydrogens (tertiary/aromatic N) is 5. The number of likely N-dealkylation sites (tertiary alicyclic amines) is 1. The summed E-state index contributed by atoms with van der Waals surface area (Å²) in [5, 5.41) is 8.99. The first-order valence-corrected chi connectivity index (χ1v) is 9.64. The second-order valence-electron chi connectivity index (χ2n) is 7.44. The summed E-state index contributed by atoms with van der Waals surface area (Å²) in [5.74, 6) is 2.64. The molecule has 2 aromatic rings. The molecule has 0 bridgehead atoms. The van der Waals surface area contributed by atoms with Crippen LogP contribution in [0.5, 0.6) is 0 Å². The Morgan fingerprint density at radius 3 is 2.81 bits per heavy atom. The third-order valence-corrected chi connectivity index (χ3v) is 5.65. The summed E-state index contributed by atoms with van der Waals surface area (Å²) in [4.78, 5) is 16.1. The maximum atomic E-state index is 11.7. The topological polar surface area (TPSA) is 54.3 Å². The van der Waals surface area contributed by atoms with Crippen molar-refractivity contribution in [2.75, 3.05) is 26.2 Å². The number of fused-ring (bicyclic) bond motifs is 1. The van der Waals surface area contributed by atoms with Gasteiger partial charge in [0.05, 0.1) is 6.54 Å². The van der Waals surface area contributed by atoms with Gasteiger partial charge in [-0.25, -0.2) is 0 Å². The minimum atomic E-state index is 0.167. The molecule has 2 aliphatic rings. The Balaban J connectivity index is 1.39. The zero-order valence-corrected chi connectivity index (χ0v) is 15.5. The number of benzene rings is 1. The molecule has 1 aromatic carbocycles. The molecule has 0 saturated carbocycles. The van der Waals surface area contributed by atoms with E-state index in [1.54, 1.807) is 6.92 Å². The van der Waals surface area contributed by atoms with Crippen LogP contribution in [0.3, 0.4) is 0 Å². The average molecular weight is 353 g/mol. The molecule has 3 heterocycles. The Morgan fingerprint density at radius 2 is 2.00 bits per heavy atom. The van der Waals surface area contributed by atoms with Crippen LogP contribution in [0.2, 0.25) is 0 Å². The summed E-state index contributed by atoms with van der Waals surface area (Å²) in [6, 6.07) is 10.6. The fourth-order valence-electron chi connectivity index (χ4n) is 4.13. The number of hydrogen-bond donors (Lipinski definition) is 0. The highest BCUT2D eigenvalue weighted by molar-refractivity contribution is 5.73. The third kappa shape index (κ3) is 3.65. The molecule has 4 rings (SSSR count). The van der Waals surface area contributed by atoms with Crippen molar-refractivity contribution in [1.82, 2.24) is 24.6 Å². The van der Waals surface area contributed by atoms with Crippen LogP contribution in [0.15, 0.2) is 30.3 Å². The maximum absolute atomic E-state index is 11.7. The van der Waals surface area contributed by atoms with Crippen molar-refractivity contribution in [2.45, 2.75) is 45.2 Å². The molecule has 1 aromatic heterocycles. The molecule has 0 radical (unpaired) electrons. The number of piperidine rings is 1. The molecule has 138 valence electrons. The molecule has 26 heavy (non-hydrogen) atoms. The summed E-state index contributed by atoms with van der Waals surface area (Å²) in [7, 11) is 0. The predicted octanol–water partition coefficient (Wildman–Crippen LogP) is 2.06. The molecular formula is C20H27N5O. The smallest absolute Gasteiger partial charge is 0.219 e. The van der Waals surface area contributed by atoms with E-state index < -0.39 is 0 Å². The van der Waals surface area contributed by atoms with Gasteiger partial charge in [-0.15, -0.1) is 10.2 Å². The van der Waals surface area contributed by atoms with Gasteiger partial charge in [-0.1, -0.05) is 30.3 Å². The molecule has 1 fully saturated rings. The lowest BCUT2D eigenvalue weighted by atomic mass is 9.97. The van der Waals surface area contributed by atoms with E-state index in [0.717, 1.165) is 70.2 Å². The van der Waals surface area contributed by atoms with Crippen LogP contribution < -0.4 is 0 Å². The van der Waals surface area contributed by atoms with Gasteiger partial charge in [-0.05, 0) is 24.8 Å². The number of aromatic nitrogens is 3. The van der Waals surface area contributed by atoms with Crippen molar-refractivity contribution in [3.8, 4) is 0 Å². The molecule has 6 nitrogen and oxygen atoms in total. The van der Waals surface area contributed by atoms with E-state index in [1.807, 2.05) is 4.90 Å². The van der Waals surface area contributed by atoms with Crippen LogP contribution >= 0.6 is 0 Å². The summed E-state index contributed by atoms with van der Waals surface area (Å²) in [6.07, 6.45) is 3.22. The molecule has 1 amide bonds. The Kier molecular flexibility index (Phi) is 5.02. The van der Waals surface area contributed by atoms with Crippen LogP contribution in [0.1, 0.15) is 42.9 Å². The number of amides is 1. The second-order valence-corrected chi connectivity index (χ2v) is 7.44. The number of carbonyl (C=O) groups is 1. The summed E-state index contributed by atoms with van der Waals surface area (Å²) in [5.41, 5.74) is 1.38. The van der Waals surface area contributed by atoms with Crippen molar-refractivity contribution in [3.63, 3.8) is 0 Å². The minimum Gasteiger partial charge on any atom is -0.342 e. The zero-order valence-electron chi connectivity index (χ0n) is 15.5. The van der Waals surface area contributed by atoms with Gasteiger partial charge in [-0.3, -0.25) is 9.69 Å². The Morgan fingerprint density at radius 1 is 1.15 bits per heavy atom. The van der Waals surface area contributed by atoms with E-state index >= 15 is 0 Å². The highest BCUT2D eigenvalue weighted by atomic mass is 16.2. The maximum Gasteiger partial charge on any atom is 0.219 e. The van der Waals surface area contributed by atoms with E-state index in [9.17, 15) is 4.79 Å². The summed E-state index contributed by atoms with van der Waals surface area (Å²) >= 11 is 0. The van der Waals surface area contributed by atoms with Crippen LogP contribution in [0.25, 0.3) is 0 Å². The van der Waals surface area contributed by atoms with E-state index in [-0.39, 0.29) is 5.91 Å². The standard InChI is InChI=1S/C20H27N5O/c1-16(26)24-10-5-8-18(14-24)20-22-21-19-15-23(12-13-25(19)20)11-9-17-6-3-2-4-7-17/h2-4,6-7,18H,5,8-15H2,1H3. The first-order chi connectivity index (χ1) is 12.7. The van der Waals surface area contributed by atoms with Gasteiger partial charge in [0, 0.05) is 45.6 Å². The minimum absolute atomic E-state index is 0.167. The monoisotopic (exact) mass is 353 g/mol. The highest BCUT2D eigenvalue weighted by Gasteiger charge is 2.29. The third-order valence-electron chi connectivity index (χ3n) is 5.65. The number of carbonyl (C=O) groups excluding carboxylic acids is 1. The van der Waals surface area contributed by atoms with E-state index in [0.29, 0.717) is 5.92 Å². The predicted molar refractivity (Wildman–Crippen MR) is 99.7 cm³/mol.